The minimum atomic E-state index is -0.257. The molecule has 0 fully saturated rings. The average molecular weight is 409 g/mol. The van der Waals surface area contributed by atoms with Gasteiger partial charge in [-0.2, -0.15) is 0 Å². The SMILES string of the molecule is CC(=O)N=Cc1ccc(C=Nc2c(C)cc(C)cc2C)o1.[Cl][Fe][Cl]. The number of benzene rings is 1. The van der Waals surface area contributed by atoms with Gasteiger partial charge in [0.2, 0.25) is 5.91 Å². The molecule has 0 spiro atoms. The first-order chi connectivity index (χ1) is 11.4. The number of hydrogen-bond acceptors (Lipinski definition) is 3. The van der Waals surface area contributed by atoms with E-state index in [-0.39, 0.29) is 19.0 Å². The third-order valence-electron chi connectivity index (χ3n) is 2.98. The standard InChI is InChI=1S/C17H18N2O2.2ClH.Fe/c1-11-7-12(2)17(13(3)8-11)19-10-16-6-5-15(21-16)9-18-14(4)20;;;/h5-10H,1-4H3;2*1H;/q;;;+2/p-2. The van der Waals surface area contributed by atoms with Crippen molar-refractivity contribution in [1.82, 2.24) is 0 Å². The summed E-state index contributed by atoms with van der Waals surface area (Å²) in [5.41, 5.74) is 4.45. The van der Waals surface area contributed by atoms with Crippen molar-refractivity contribution in [2.24, 2.45) is 9.98 Å². The van der Waals surface area contributed by atoms with Gasteiger partial charge < -0.3 is 4.42 Å². The first kappa shape index (κ1) is 20.7. The Labute approximate surface area is 156 Å². The van der Waals surface area contributed by atoms with Crippen LogP contribution in [0.3, 0.4) is 0 Å². The van der Waals surface area contributed by atoms with Gasteiger partial charge in [0.05, 0.1) is 18.1 Å². The molecule has 0 aliphatic heterocycles. The molecule has 1 aromatic carbocycles. The van der Waals surface area contributed by atoms with Gasteiger partial charge >= 0.3 is 33.3 Å². The van der Waals surface area contributed by atoms with Crippen LogP contribution < -0.4 is 0 Å². The Morgan fingerprint density at radius 3 is 2.08 bits per heavy atom. The van der Waals surface area contributed by atoms with E-state index in [9.17, 15) is 4.79 Å². The Kier molecular flexibility index (Phi) is 9.01. The van der Waals surface area contributed by atoms with E-state index in [4.69, 9.17) is 24.6 Å². The number of hydrogen-bond donors (Lipinski definition) is 0. The summed E-state index contributed by atoms with van der Waals surface area (Å²) in [5.74, 6) is 0.899. The number of aliphatic imine (C=N–C) groups is 2. The van der Waals surface area contributed by atoms with Crippen LogP contribution in [0.15, 0.2) is 38.7 Å². The van der Waals surface area contributed by atoms with Crippen LogP contribution in [0.25, 0.3) is 0 Å². The summed E-state index contributed by atoms with van der Waals surface area (Å²) in [7, 11) is 9.53. The summed E-state index contributed by atoms with van der Waals surface area (Å²) in [6.07, 6.45) is 3.08. The number of aryl methyl sites for hydroxylation is 3. The first-order valence-electron chi connectivity index (χ1n) is 6.99. The maximum atomic E-state index is 10.8. The summed E-state index contributed by atoms with van der Waals surface area (Å²) in [4.78, 5) is 18.9. The summed E-state index contributed by atoms with van der Waals surface area (Å²) in [6.45, 7) is 7.55. The molecule has 1 heterocycles. The van der Waals surface area contributed by atoms with Crippen molar-refractivity contribution < 1.29 is 22.3 Å². The zero-order chi connectivity index (χ0) is 18.1. The molecule has 0 saturated carbocycles. The van der Waals surface area contributed by atoms with Crippen LogP contribution in [-0.2, 0) is 17.9 Å². The van der Waals surface area contributed by atoms with Gasteiger partial charge in [-0.1, -0.05) is 17.7 Å². The number of nitrogens with zero attached hydrogens (tertiary/aromatic N) is 2. The van der Waals surface area contributed by atoms with Gasteiger partial charge in [-0.3, -0.25) is 9.79 Å². The number of amides is 1. The van der Waals surface area contributed by atoms with Crippen LogP contribution >= 0.6 is 20.2 Å². The van der Waals surface area contributed by atoms with Gasteiger partial charge in [-0.25, -0.2) is 4.99 Å². The molecule has 0 unspecified atom stereocenters. The molecular formula is C17H18Cl2FeN2O2. The number of carbonyl (C=O) groups is 1. The van der Waals surface area contributed by atoms with Gasteiger partial charge in [-0.05, 0) is 44.0 Å². The van der Waals surface area contributed by atoms with E-state index in [1.165, 1.54) is 18.7 Å². The summed E-state index contributed by atoms with van der Waals surface area (Å²) in [6, 6.07) is 7.76. The molecule has 0 aliphatic carbocycles. The molecule has 0 aliphatic rings. The molecule has 0 N–H and O–H groups in total. The fraction of sp³-hybridized carbons (Fsp3) is 0.235. The summed E-state index contributed by atoms with van der Waals surface area (Å²) >= 11 is 0.194. The number of rotatable bonds is 3. The van der Waals surface area contributed by atoms with E-state index in [0.29, 0.717) is 11.5 Å². The van der Waals surface area contributed by atoms with Gasteiger partial charge in [0, 0.05) is 6.92 Å². The van der Waals surface area contributed by atoms with Crippen LogP contribution in [0.2, 0.25) is 0 Å². The summed E-state index contributed by atoms with van der Waals surface area (Å²) < 4.78 is 5.51. The van der Waals surface area contributed by atoms with Crippen molar-refractivity contribution in [2.75, 3.05) is 0 Å². The fourth-order valence-electron chi connectivity index (χ4n) is 2.17. The van der Waals surface area contributed by atoms with Crippen molar-refractivity contribution in [3.8, 4) is 0 Å². The van der Waals surface area contributed by atoms with E-state index in [1.807, 2.05) is 13.8 Å². The van der Waals surface area contributed by atoms with Crippen LogP contribution in [-0.4, -0.2) is 18.3 Å². The van der Waals surface area contributed by atoms with E-state index >= 15 is 0 Å². The predicted octanol–water partition coefficient (Wildman–Crippen LogP) is 5.30. The number of carbonyl (C=O) groups excluding carboxylic acids is 1. The Balaban J connectivity index is 0.000000891. The molecule has 2 rings (SSSR count). The Morgan fingerprint density at radius 1 is 1.08 bits per heavy atom. The predicted molar refractivity (Wildman–Crippen MR) is 96.6 cm³/mol. The molecule has 1 amide bonds. The average Bonchev–Trinajstić information content (AvgIpc) is 2.93. The topological polar surface area (TPSA) is 54.9 Å². The van der Waals surface area contributed by atoms with Gasteiger partial charge in [0.15, 0.2) is 0 Å². The quantitative estimate of drug-likeness (QED) is 0.511. The third kappa shape index (κ3) is 7.02. The van der Waals surface area contributed by atoms with E-state index in [2.05, 4.69) is 29.0 Å². The molecule has 24 heavy (non-hydrogen) atoms. The molecule has 0 atom stereocenters. The second kappa shape index (κ2) is 10.5. The zero-order valence-corrected chi connectivity index (χ0v) is 16.4. The van der Waals surface area contributed by atoms with Crippen molar-refractivity contribution in [3.63, 3.8) is 0 Å². The molecule has 0 saturated heterocycles. The molecule has 1 aromatic heterocycles. The van der Waals surface area contributed by atoms with Crippen molar-refractivity contribution in [1.29, 1.82) is 0 Å². The van der Waals surface area contributed by atoms with Gasteiger partial charge in [-0.15, -0.1) is 0 Å². The fourth-order valence-corrected chi connectivity index (χ4v) is 2.17. The number of halogens is 2. The van der Waals surface area contributed by atoms with Crippen LogP contribution in [0.1, 0.15) is 35.1 Å². The van der Waals surface area contributed by atoms with E-state index in [1.54, 1.807) is 18.3 Å². The molecule has 130 valence electrons. The Hall–Kier alpha value is -1.39. The third-order valence-corrected chi connectivity index (χ3v) is 2.98. The normalized spacial score (nSPS) is 11.1. The zero-order valence-electron chi connectivity index (χ0n) is 13.8. The molecule has 7 heteroatoms. The minimum absolute atomic E-state index is 0.194. The van der Waals surface area contributed by atoms with Crippen LogP contribution in [0.4, 0.5) is 5.69 Å². The second-order valence-corrected chi connectivity index (χ2v) is 6.90. The summed E-state index contributed by atoms with van der Waals surface area (Å²) in [5, 5.41) is 0. The molecule has 4 nitrogen and oxygen atoms in total. The van der Waals surface area contributed by atoms with Crippen molar-refractivity contribution >= 4 is 44.2 Å². The Bertz CT molecular complexity index is 732. The maximum absolute atomic E-state index is 10.8. The Morgan fingerprint density at radius 2 is 1.58 bits per heavy atom. The number of furan rings is 1. The van der Waals surface area contributed by atoms with E-state index in [0.717, 1.165) is 16.8 Å². The second-order valence-electron chi connectivity index (χ2n) is 5.07. The first-order valence-corrected chi connectivity index (χ1v) is 10.0. The van der Waals surface area contributed by atoms with Crippen molar-refractivity contribution in [3.05, 3.63) is 52.5 Å². The monoisotopic (exact) mass is 408 g/mol. The van der Waals surface area contributed by atoms with E-state index < -0.39 is 0 Å². The molecular weight excluding hydrogens is 391 g/mol. The molecule has 0 bridgehead atoms. The van der Waals surface area contributed by atoms with Crippen molar-refractivity contribution in [2.45, 2.75) is 27.7 Å². The molecule has 0 radical (unpaired) electrons. The van der Waals surface area contributed by atoms with Gasteiger partial charge in [0.1, 0.15) is 11.5 Å². The van der Waals surface area contributed by atoms with Crippen LogP contribution in [0.5, 0.6) is 0 Å². The van der Waals surface area contributed by atoms with Crippen LogP contribution in [0, 0.1) is 20.8 Å². The molecule has 2 aromatic rings. The van der Waals surface area contributed by atoms with Gasteiger partial charge in [0.25, 0.3) is 0 Å².